The fourth-order valence-electron chi connectivity index (χ4n) is 2.86. The predicted octanol–water partition coefficient (Wildman–Crippen LogP) is 4.36. The molecule has 0 saturated heterocycles. The van der Waals surface area contributed by atoms with Gasteiger partial charge in [0, 0.05) is 35.5 Å². The molecule has 0 spiro atoms. The highest BCUT2D eigenvalue weighted by atomic mass is 16.6. The molecule has 0 atom stereocenters. The standard InChI is InChI=1S/C21H17N3O6/c1-30-20-11-5-15(6-12-20)14-22(17-7-9-18(10-8-17)23(26)27)21(25)16-3-2-4-19(13-16)24(28)29/h2-13H,14H2,1H3. The molecule has 0 N–H and O–H groups in total. The molecule has 3 aromatic carbocycles. The number of non-ortho nitro benzene ring substituents is 2. The summed E-state index contributed by atoms with van der Waals surface area (Å²) in [6.45, 7) is 0.156. The monoisotopic (exact) mass is 407 g/mol. The van der Waals surface area contributed by atoms with Gasteiger partial charge in [0.25, 0.3) is 17.3 Å². The molecule has 152 valence electrons. The SMILES string of the molecule is COc1ccc(CN(C(=O)c2cccc([N+](=O)[O-])c2)c2ccc([N+](=O)[O-])cc2)cc1. The van der Waals surface area contributed by atoms with Crippen molar-refractivity contribution in [1.82, 2.24) is 0 Å². The second-order valence-corrected chi connectivity index (χ2v) is 6.32. The van der Waals surface area contributed by atoms with Crippen LogP contribution in [0.3, 0.4) is 0 Å². The summed E-state index contributed by atoms with van der Waals surface area (Å²) in [5, 5.41) is 22.0. The number of benzene rings is 3. The Hall–Kier alpha value is -4.27. The highest BCUT2D eigenvalue weighted by molar-refractivity contribution is 6.06. The molecule has 0 aromatic heterocycles. The van der Waals surface area contributed by atoms with E-state index in [1.54, 1.807) is 31.4 Å². The highest BCUT2D eigenvalue weighted by Gasteiger charge is 2.21. The van der Waals surface area contributed by atoms with Gasteiger partial charge < -0.3 is 9.64 Å². The van der Waals surface area contributed by atoms with Gasteiger partial charge >= 0.3 is 0 Å². The normalized spacial score (nSPS) is 10.3. The van der Waals surface area contributed by atoms with Crippen LogP contribution in [0.4, 0.5) is 17.1 Å². The average Bonchev–Trinajstić information content (AvgIpc) is 2.77. The van der Waals surface area contributed by atoms with Crippen molar-refractivity contribution >= 4 is 23.0 Å². The summed E-state index contributed by atoms with van der Waals surface area (Å²) in [5.41, 5.74) is 1.04. The van der Waals surface area contributed by atoms with E-state index >= 15 is 0 Å². The molecular weight excluding hydrogens is 390 g/mol. The Bertz CT molecular complexity index is 1080. The number of carbonyl (C=O) groups is 1. The fourth-order valence-corrected chi connectivity index (χ4v) is 2.86. The molecule has 0 bridgehead atoms. The predicted molar refractivity (Wildman–Crippen MR) is 110 cm³/mol. The molecule has 0 fully saturated rings. The molecular formula is C21H17N3O6. The van der Waals surface area contributed by atoms with E-state index in [4.69, 9.17) is 4.74 Å². The zero-order valence-electron chi connectivity index (χ0n) is 15.9. The van der Waals surface area contributed by atoms with Crippen LogP contribution in [-0.4, -0.2) is 22.9 Å². The number of nitro benzene ring substituents is 2. The Labute approximate surface area is 171 Å². The summed E-state index contributed by atoms with van der Waals surface area (Å²) in [6.07, 6.45) is 0. The van der Waals surface area contributed by atoms with Crippen LogP contribution < -0.4 is 9.64 Å². The first-order valence-electron chi connectivity index (χ1n) is 8.83. The van der Waals surface area contributed by atoms with Crippen LogP contribution in [0.2, 0.25) is 0 Å². The van der Waals surface area contributed by atoms with E-state index in [0.29, 0.717) is 11.4 Å². The quantitative estimate of drug-likeness (QED) is 0.424. The number of nitrogens with zero attached hydrogens (tertiary/aromatic N) is 3. The molecule has 0 radical (unpaired) electrons. The van der Waals surface area contributed by atoms with Gasteiger partial charge in [0.2, 0.25) is 0 Å². The number of ether oxygens (including phenoxy) is 1. The summed E-state index contributed by atoms with van der Waals surface area (Å²) in [4.78, 5) is 35.5. The van der Waals surface area contributed by atoms with Crippen molar-refractivity contribution in [2.45, 2.75) is 6.54 Å². The Morgan fingerprint density at radius 3 is 2.10 bits per heavy atom. The molecule has 0 saturated carbocycles. The highest BCUT2D eigenvalue weighted by Crippen LogP contribution is 2.25. The van der Waals surface area contributed by atoms with Gasteiger partial charge in [-0.2, -0.15) is 0 Å². The van der Waals surface area contributed by atoms with Crippen molar-refractivity contribution in [1.29, 1.82) is 0 Å². The van der Waals surface area contributed by atoms with Gasteiger partial charge in [-0.25, -0.2) is 0 Å². The van der Waals surface area contributed by atoms with E-state index in [-0.39, 0.29) is 23.5 Å². The maximum absolute atomic E-state index is 13.2. The Kier molecular flexibility index (Phi) is 6.02. The van der Waals surface area contributed by atoms with Crippen molar-refractivity contribution in [3.8, 4) is 5.75 Å². The summed E-state index contributed by atoms with van der Waals surface area (Å²) < 4.78 is 5.14. The maximum atomic E-state index is 13.2. The van der Waals surface area contributed by atoms with Crippen LogP contribution in [0.1, 0.15) is 15.9 Å². The number of anilines is 1. The third kappa shape index (κ3) is 4.58. The molecule has 0 aliphatic heterocycles. The van der Waals surface area contributed by atoms with Crippen LogP contribution in [0.15, 0.2) is 72.8 Å². The topological polar surface area (TPSA) is 116 Å². The van der Waals surface area contributed by atoms with Gasteiger partial charge in [-0.05, 0) is 35.9 Å². The molecule has 0 aliphatic carbocycles. The van der Waals surface area contributed by atoms with Gasteiger partial charge in [-0.15, -0.1) is 0 Å². The summed E-state index contributed by atoms with van der Waals surface area (Å²) >= 11 is 0. The molecule has 1 amide bonds. The lowest BCUT2D eigenvalue weighted by molar-refractivity contribution is -0.385. The first-order chi connectivity index (χ1) is 14.4. The smallest absolute Gasteiger partial charge is 0.270 e. The Balaban J connectivity index is 1.99. The third-order valence-corrected chi connectivity index (χ3v) is 4.42. The zero-order chi connectivity index (χ0) is 21.7. The fraction of sp³-hybridized carbons (Fsp3) is 0.0952. The van der Waals surface area contributed by atoms with E-state index in [9.17, 15) is 25.0 Å². The van der Waals surface area contributed by atoms with E-state index < -0.39 is 15.8 Å². The molecule has 0 unspecified atom stereocenters. The lowest BCUT2D eigenvalue weighted by Crippen LogP contribution is -2.30. The minimum Gasteiger partial charge on any atom is -0.497 e. The number of carbonyl (C=O) groups excluding carboxylic acids is 1. The first kappa shape index (κ1) is 20.5. The zero-order valence-corrected chi connectivity index (χ0v) is 15.9. The average molecular weight is 407 g/mol. The molecule has 0 heterocycles. The van der Waals surface area contributed by atoms with Crippen LogP contribution in [-0.2, 0) is 6.54 Å². The second-order valence-electron chi connectivity index (χ2n) is 6.32. The third-order valence-electron chi connectivity index (χ3n) is 4.42. The largest absolute Gasteiger partial charge is 0.497 e. The molecule has 3 rings (SSSR count). The van der Waals surface area contributed by atoms with Crippen LogP contribution in [0.5, 0.6) is 5.75 Å². The van der Waals surface area contributed by atoms with Gasteiger partial charge in [0.1, 0.15) is 5.75 Å². The van der Waals surface area contributed by atoms with E-state index in [0.717, 1.165) is 5.56 Å². The molecule has 30 heavy (non-hydrogen) atoms. The summed E-state index contributed by atoms with van der Waals surface area (Å²) in [7, 11) is 1.55. The number of nitro groups is 2. The Morgan fingerprint density at radius 1 is 0.900 bits per heavy atom. The minimum absolute atomic E-state index is 0.106. The van der Waals surface area contributed by atoms with E-state index in [2.05, 4.69) is 0 Å². The van der Waals surface area contributed by atoms with Gasteiger partial charge in [0.05, 0.1) is 23.5 Å². The van der Waals surface area contributed by atoms with Crippen molar-refractivity contribution in [3.63, 3.8) is 0 Å². The number of amides is 1. The van der Waals surface area contributed by atoms with Crippen molar-refractivity contribution < 1.29 is 19.4 Å². The second kappa shape index (κ2) is 8.82. The van der Waals surface area contributed by atoms with E-state index in [1.807, 2.05) is 0 Å². The maximum Gasteiger partial charge on any atom is 0.270 e. The van der Waals surface area contributed by atoms with Crippen molar-refractivity contribution in [2.75, 3.05) is 12.0 Å². The minimum atomic E-state index is -0.573. The lowest BCUT2D eigenvalue weighted by atomic mass is 10.1. The number of hydrogen-bond acceptors (Lipinski definition) is 6. The molecule has 0 aliphatic rings. The number of hydrogen-bond donors (Lipinski definition) is 0. The van der Waals surface area contributed by atoms with Crippen LogP contribution >= 0.6 is 0 Å². The molecule has 9 nitrogen and oxygen atoms in total. The van der Waals surface area contributed by atoms with Gasteiger partial charge in [-0.1, -0.05) is 18.2 Å². The Morgan fingerprint density at radius 2 is 1.53 bits per heavy atom. The number of methoxy groups -OCH3 is 1. The molecule has 3 aromatic rings. The number of rotatable bonds is 7. The molecule has 9 heteroatoms. The summed E-state index contributed by atoms with van der Waals surface area (Å²) in [6, 6.07) is 18.1. The van der Waals surface area contributed by atoms with Gasteiger partial charge in [0.15, 0.2) is 0 Å². The van der Waals surface area contributed by atoms with Gasteiger partial charge in [-0.3, -0.25) is 25.0 Å². The lowest BCUT2D eigenvalue weighted by Gasteiger charge is -2.23. The summed E-state index contributed by atoms with van der Waals surface area (Å²) in [5.74, 6) is 0.189. The van der Waals surface area contributed by atoms with Crippen LogP contribution in [0.25, 0.3) is 0 Å². The van der Waals surface area contributed by atoms with Crippen molar-refractivity contribution in [2.24, 2.45) is 0 Å². The van der Waals surface area contributed by atoms with E-state index in [1.165, 1.54) is 53.4 Å². The van der Waals surface area contributed by atoms with Crippen LogP contribution in [0, 0.1) is 20.2 Å². The van der Waals surface area contributed by atoms with Crippen molar-refractivity contribution in [3.05, 3.63) is 104 Å². The first-order valence-corrected chi connectivity index (χ1v) is 8.83.